The molecular formula is C15H24IN7S. The van der Waals surface area contributed by atoms with Crippen LogP contribution in [0.1, 0.15) is 34.9 Å². The molecule has 0 fully saturated rings. The van der Waals surface area contributed by atoms with Crippen LogP contribution in [0.2, 0.25) is 0 Å². The van der Waals surface area contributed by atoms with Crippen LogP contribution in [0.15, 0.2) is 11.2 Å². The zero-order valence-corrected chi connectivity index (χ0v) is 17.4. The highest BCUT2D eigenvalue weighted by atomic mass is 127. The number of thiazole rings is 1. The van der Waals surface area contributed by atoms with Gasteiger partial charge < -0.3 is 10.6 Å². The monoisotopic (exact) mass is 461 g/mol. The first-order chi connectivity index (χ1) is 11.2. The van der Waals surface area contributed by atoms with Gasteiger partial charge in [-0.05, 0) is 13.3 Å². The third-order valence-electron chi connectivity index (χ3n) is 3.86. The van der Waals surface area contributed by atoms with Gasteiger partial charge in [0.2, 0.25) is 0 Å². The van der Waals surface area contributed by atoms with E-state index in [4.69, 9.17) is 0 Å². The van der Waals surface area contributed by atoms with Gasteiger partial charge in [-0.25, -0.2) is 14.6 Å². The third kappa shape index (κ3) is 4.65. The molecule has 0 saturated carbocycles. The minimum atomic E-state index is 0. The lowest BCUT2D eigenvalue weighted by Gasteiger charge is -2.25. The van der Waals surface area contributed by atoms with Crippen molar-refractivity contribution in [1.82, 2.24) is 30.4 Å². The fraction of sp³-hybridized carbons (Fsp3) is 0.600. The van der Waals surface area contributed by atoms with Crippen LogP contribution in [0, 0.1) is 6.92 Å². The lowest BCUT2D eigenvalue weighted by Crippen LogP contribution is -2.46. The molecule has 132 valence electrons. The molecule has 0 bridgehead atoms. The van der Waals surface area contributed by atoms with Crippen molar-refractivity contribution < 1.29 is 0 Å². The van der Waals surface area contributed by atoms with E-state index in [2.05, 4.69) is 44.5 Å². The maximum Gasteiger partial charge on any atom is 0.191 e. The molecule has 9 heteroatoms. The van der Waals surface area contributed by atoms with Gasteiger partial charge in [-0.2, -0.15) is 5.10 Å². The quantitative estimate of drug-likeness (QED) is 0.413. The number of rotatable bonds is 4. The number of halogens is 1. The van der Waals surface area contributed by atoms with Crippen molar-refractivity contribution in [2.75, 3.05) is 7.05 Å². The smallest absolute Gasteiger partial charge is 0.191 e. The second-order valence-electron chi connectivity index (χ2n) is 5.65. The summed E-state index contributed by atoms with van der Waals surface area (Å²) in [5.74, 6) is 2.84. The average molecular weight is 461 g/mol. The number of nitrogens with one attached hydrogen (secondary N) is 2. The molecule has 0 spiro atoms. The van der Waals surface area contributed by atoms with Crippen LogP contribution < -0.4 is 10.6 Å². The summed E-state index contributed by atoms with van der Waals surface area (Å²) < 4.78 is 2.03. The summed E-state index contributed by atoms with van der Waals surface area (Å²) in [7, 11) is 1.79. The van der Waals surface area contributed by atoms with Crippen molar-refractivity contribution in [2.24, 2.45) is 4.99 Å². The van der Waals surface area contributed by atoms with Gasteiger partial charge in [-0.15, -0.1) is 35.3 Å². The van der Waals surface area contributed by atoms with Crippen LogP contribution in [0.25, 0.3) is 0 Å². The second-order valence-corrected chi connectivity index (χ2v) is 6.97. The fourth-order valence-corrected chi connectivity index (χ4v) is 3.39. The first-order valence-electron chi connectivity index (χ1n) is 7.99. The Morgan fingerprint density at radius 1 is 1.50 bits per heavy atom. The SMILES string of the molecule is CCc1nc2n(n1)CC(NC(=NC)NCc1ncc(C)s1)CC2.I. The van der Waals surface area contributed by atoms with Crippen LogP contribution >= 0.6 is 35.3 Å². The van der Waals surface area contributed by atoms with E-state index in [1.807, 2.05) is 10.9 Å². The Morgan fingerprint density at radius 3 is 3.00 bits per heavy atom. The van der Waals surface area contributed by atoms with Gasteiger partial charge >= 0.3 is 0 Å². The van der Waals surface area contributed by atoms with Crippen molar-refractivity contribution in [2.45, 2.75) is 52.2 Å². The number of fused-ring (bicyclic) bond motifs is 1. The van der Waals surface area contributed by atoms with Gasteiger partial charge in [-0.1, -0.05) is 6.92 Å². The number of guanidine groups is 1. The van der Waals surface area contributed by atoms with Gasteiger partial charge in [0, 0.05) is 37.0 Å². The molecule has 1 unspecified atom stereocenters. The van der Waals surface area contributed by atoms with Crippen LogP contribution in [0.4, 0.5) is 0 Å². The number of nitrogens with zero attached hydrogens (tertiary/aromatic N) is 5. The molecule has 2 aromatic heterocycles. The number of hydrogen-bond donors (Lipinski definition) is 2. The summed E-state index contributed by atoms with van der Waals surface area (Å²) in [6, 6.07) is 0.318. The lowest BCUT2D eigenvalue weighted by atomic mass is 10.1. The Kier molecular flexibility index (Phi) is 6.96. The standard InChI is InChI=1S/C15H23N7S.HI/c1-4-12-20-13-6-5-11(9-22(13)21-12)19-15(16-3)18-8-14-17-7-10(2)23-14;/h7,11H,4-6,8-9H2,1-3H3,(H2,16,18,19);1H. The van der Waals surface area contributed by atoms with Crippen LogP contribution in [-0.2, 0) is 25.9 Å². The topological polar surface area (TPSA) is 80.0 Å². The Labute approximate surface area is 163 Å². The van der Waals surface area contributed by atoms with Crippen molar-refractivity contribution in [3.05, 3.63) is 27.7 Å². The van der Waals surface area contributed by atoms with E-state index >= 15 is 0 Å². The van der Waals surface area contributed by atoms with Crippen molar-refractivity contribution in [1.29, 1.82) is 0 Å². The predicted octanol–water partition coefficient (Wildman–Crippen LogP) is 1.90. The minimum Gasteiger partial charge on any atom is -0.352 e. The normalized spacial score (nSPS) is 17.1. The number of aliphatic imine (C=N–C) groups is 1. The molecule has 0 saturated heterocycles. The zero-order valence-electron chi connectivity index (χ0n) is 14.2. The van der Waals surface area contributed by atoms with Crippen molar-refractivity contribution in [3.8, 4) is 0 Å². The van der Waals surface area contributed by atoms with E-state index < -0.39 is 0 Å². The lowest BCUT2D eigenvalue weighted by molar-refractivity contribution is 0.392. The van der Waals surface area contributed by atoms with Gasteiger partial charge in [0.15, 0.2) is 11.8 Å². The molecule has 0 amide bonds. The Hall–Kier alpha value is -1.23. The summed E-state index contributed by atoms with van der Waals surface area (Å²) >= 11 is 1.70. The summed E-state index contributed by atoms with van der Waals surface area (Å²) in [5, 5.41) is 12.4. The van der Waals surface area contributed by atoms with E-state index in [1.54, 1.807) is 18.4 Å². The number of aryl methyl sites for hydroxylation is 3. The number of aromatic nitrogens is 4. The highest BCUT2D eigenvalue weighted by Gasteiger charge is 2.22. The second kappa shape index (κ2) is 8.75. The average Bonchev–Trinajstić information content (AvgIpc) is 3.16. The molecule has 0 aromatic carbocycles. The Morgan fingerprint density at radius 2 is 2.33 bits per heavy atom. The highest BCUT2D eigenvalue weighted by Crippen LogP contribution is 2.13. The van der Waals surface area contributed by atoms with Gasteiger partial charge in [-0.3, -0.25) is 4.99 Å². The van der Waals surface area contributed by atoms with Crippen molar-refractivity contribution in [3.63, 3.8) is 0 Å². The first-order valence-corrected chi connectivity index (χ1v) is 8.80. The Bertz CT molecular complexity index is 694. The maximum absolute atomic E-state index is 4.55. The highest BCUT2D eigenvalue weighted by molar-refractivity contribution is 14.0. The van der Waals surface area contributed by atoms with Gasteiger partial charge in [0.05, 0.1) is 13.1 Å². The number of hydrogen-bond acceptors (Lipinski definition) is 5. The van der Waals surface area contributed by atoms with E-state index in [0.717, 1.165) is 48.4 Å². The molecule has 24 heavy (non-hydrogen) atoms. The van der Waals surface area contributed by atoms with Gasteiger partial charge in [0.1, 0.15) is 10.8 Å². The van der Waals surface area contributed by atoms with Crippen molar-refractivity contribution >= 4 is 41.3 Å². The minimum absolute atomic E-state index is 0. The largest absolute Gasteiger partial charge is 0.352 e. The van der Waals surface area contributed by atoms with Gasteiger partial charge in [0.25, 0.3) is 0 Å². The fourth-order valence-electron chi connectivity index (χ4n) is 2.66. The molecule has 3 rings (SSSR count). The molecule has 1 atom stereocenters. The summed E-state index contributed by atoms with van der Waals surface area (Å²) in [5.41, 5.74) is 0. The van der Waals surface area contributed by atoms with Crippen LogP contribution in [0.5, 0.6) is 0 Å². The summed E-state index contributed by atoms with van der Waals surface area (Å²) in [6.07, 6.45) is 4.78. The molecule has 0 aliphatic carbocycles. The maximum atomic E-state index is 4.55. The molecule has 1 aliphatic rings. The molecule has 2 aromatic rings. The summed E-state index contributed by atoms with van der Waals surface area (Å²) in [6.45, 7) is 5.68. The summed E-state index contributed by atoms with van der Waals surface area (Å²) in [4.78, 5) is 14.4. The first kappa shape index (κ1) is 19.1. The predicted molar refractivity (Wildman–Crippen MR) is 107 cm³/mol. The molecule has 7 nitrogen and oxygen atoms in total. The zero-order chi connectivity index (χ0) is 16.2. The van der Waals surface area contributed by atoms with E-state index in [1.165, 1.54) is 4.88 Å². The molecule has 3 heterocycles. The molecule has 2 N–H and O–H groups in total. The van der Waals surface area contributed by atoms with E-state index in [9.17, 15) is 0 Å². The van der Waals surface area contributed by atoms with E-state index in [0.29, 0.717) is 12.6 Å². The third-order valence-corrected chi connectivity index (χ3v) is 4.77. The molecule has 0 radical (unpaired) electrons. The van der Waals surface area contributed by atoms with E-state index in [-0.39, 0.29) is 24.0 Å². The molecule has 1 aliphatic heterocycles. The van der Waals surface area contributed by atoms with Crippen LogP contribution in [0.3, 0.4) is 0 Å². The Balaban J connectivity index is 0.00000208. The molecular weight excluding hydrogens is 437 g/mol. The van der Waals surface area contributed by atoms with Crippen LogP contribution in [-0.4, -0.2) is 38.8 Å².